The van der Waals surface area contributed by atoms with Crippen molar-refractivity contribution in [2.75, 3.05) is 13.1 Å². The van der Waals surface area contributed by atoms with E-state index in [1.807, 2.05) is 0 Å². The standard InChI is InChI=1S/C13H26N2/c1-3-10-14-12(6-1)8-5-9-13-7-2-4-11-15-13/h12-15H,1-11H2/t12-,13-/m1/s1. The minimum Gasteiger partial charge on any atom is -0.314 e. The summed E-state index contributed by atoms with van der Waals surface area (Å²) < 4.78 is 0. The first-order valence-corrected chi connectivity index (χ1v) is 6.92. The summed E-state index contributed by atoms with van der Waals surface area (Å²) in [6, 6.07) is 1.67. The molecule has 2 saturated heterocycles. The van der Waals surface area contributed by atoms with E-state index in [1.165, 1.54) is 70.9 Å². The predicted octanol–water partition coefficient (Wildman–Crippen LogP) is 2.44. The molecule has 15 heavy (non-hydrogen) atoms. The zero-order valence-corrected chi connectivity index (χ0v) is 9.93. The quantitative estimate of drug-likeness (QED) is 0.745. The van der Waals surface area contributed by atoms with E-state index in [0.29, 0.717) is 0 Å². The van der Waals surface area contributed by atoms with E-state index in [9.17, 15) is 0 Å². The molecule has 2 nitrogen and oxygen atoms in total. The second-order valence-electron chi connectivity index (χ2n) is 5.22. The normalized spacial score (nSPS) is 32.8. The SMILES string of the molecule is C1CC[C@H](CCC[C@H]2CCCCN2)NC1. The fraction of sp³-hybridized carbons (Fsp3) is 1.00. The van der Waals surface area contributed by atoms with Crippen molar-refractivity contribution in [3.63, 3.8) is 0 Å². The molecule has 0 aliphatic carbocycles. The van der Waals surface area contributed by atoms with Crippen LogP contribution in [-0.2, 0) is 0 Å². The Hall–Kier alpha value is -0.0800. The van der Waals surface area contributed by atoms with Crippen LogP contribution in [-0.4, -0.2) is 25.2 Å². The maximum Gasteiger partial charge on any atom is 0.00670 e. The highest BCUT2D eigenvalue weighted by atomic mass is 14.9. The molecule has 0 unspecified atom stereocenters. The van der Waals surface area contributed by atoms with Crippen molar-refractivity contribution in [3.05, 3.63) is 0 Å². The maximum absolute atomic E-state index is 3.64. The van der Waals surface area contributed by atoms with Crippen LogP contribution in [0, 0.1) is 0 Å². The maximum atomic E-state index is 3.64. The first-order chi connectivity index (χ1) is 7.45. The van der Waals surface area contributed by atoms with Gasteiger partial charge in [0.1, 0.15) is 0 Å². The molecule has 2 aliphatic rings. The molecule has 0 saturated carbocycles. The third kappa shape index (κ3) is 4.12. The van der Waals surface area contributed by atoms with Crippen molar-refractivity contribution in [2.24, 2.45) is 0 Å². The molecule has 2 heteroatoms. The van der Waals surface area contributed by atoms with E-state index in [0.717, 1.165) is 12.1 Å². The molecule has 2 rings (SSSR count). The highest BCUT2D eigenvalue weighted by molar-refractivity contribution is 4.75. The van der Waals surface area contributed by atoms with E-state index >= 15 is 0 Å². The fourth-order valence-corrected chi connectivity index (χ4v) is 2.95. The first-order valence-electron chi connectivity index (χ1n) is 6.92. The molecule has 2 atom stereocenters. The Bertz CT molecular complexity index is 140. The van der Waals surface area contributed by atoms with E-state index in [1.54, 1.807) is 0 Å². The molecular weight excluding hydrogens is 184 g/mol. The van der Waals surface area contributed by atoms with Crippen LogP contribution in [0.2, 0.25) is 0 Å². The van der Waals surface area contributed by atoms with Crippen LogP contribution in [0.15, 0.2) is 0 Å². The van der Waals surface area contributed by atoms with Crippen LogP contribution < -0.4 is 10.6 Å². The summed E-state index contributed by atoms with van der Waals surface area (Å²) in [7, 11) is 0. The van der Waals surface area contributed by atoms with Crippen molar-refractivity contribution in [2.45, 2.75) is 69.9 Å². The number of rotatable bonds is 4. The highest BCUT2D eigenvalue weighted by Crippen LogP contribution is 2.16. The van der Waals surface area contributed by atoms with Gasteiger partial charge in [0.05, 0.1) is 0 Å². The minimum absolute atomic E-state index is 0.836. The van der Waals surface area contributed by atoms with Crippen LogP contribution in [0.3, 0.4) is 0 Å². The molecule has 0 aromatic carbocycles. The lowest BCUT2D eigenvalue weighted by Gasteiger charge is -2.26. The number of nitrogens with one attached hydrogen (secondary N) is 2. The third-order valence-corrected chi connectivity index (χ3v) is 3.93. The lowest BCUT2D eigenvalue weighted by atomic mass is 9.95. The van der Waals surface area contributed by atoms with Gasteiger partial charge in [0.15, 0.2) is 0 Å². The van der Waals surface area contributed by atoms with Crippen molar-refractivity contribution < 1.29 is 0 Å². The van der Waals surface area contributed by atoms with Crippen molar-refractivity contribution in [3.8, 4) is 0 Å². The van der Waals surface area contributed by atoms with Crippen LogP contribution in [0.1, 0.15) is 57.8 Å². The monoisotopic (exact) mass is 210 g/mol. The summed E-state index contributed by atoms with van der Waals surface area (Å²) in [4.78, 5) is 0. The van der Waals surface area contributed by atoms with Gasteiger partial charge in [-0.2, -0.15) is 0 Å². The van der Waals surface area contributed by atoms with Crippen molar-refractivity contribution in [1.82, 2.24) is 10.6 Å². The molecule has 0 radical (unpaired) electrons. The predicted molar refractivity (Wildman–Crippen MR) is 65.1 cm³/mol. The van der Waals surface area contributed by atoms with Gasteiger partial charge in [-0.05, 0) is 51.6 Å². The second kappa shape index (κ2) is 6.49. The van der Waals surface area contributed by atoms with Gasteiger partial charge in [-0.3, -0.25) is 0 Å². The molecule has 0 aromatic rings. The summed E-state index contributed by atoms with van der Waals surface area (Å²) in [5.41, 5.74) is 0. The van der Waals surface area contributed by atoms with E-state index < -0.39 is 0 Å². The Morgan fingerprint density at radius 1 is 0.733 bits per heavy atom. The van der Waals surface area contributed by atoms with Gasteiger partial charge in [0.2, 0.25) is 0 Å². The lowest BCUT2D eigenvalue weighted by molar-refractivity contribution is 0.338. The van der Waals surface area contributed by atoms with Crippen LogP contribution in [0.4, 0.5) is 0 Å². The summed E-state index contributed by atoms with van der Waals surface area (Å²) in [6.07, 6.45) is 12.7. The fourth-order valence-electron chi connectivity index (χ4n) is 2.95. The Kier molecular flexibility index (Phi) is 4.94. The second-order valence-corrected chi connectivity index (χ2v) is 5.22. The summed E-state index contributed by atoms with van der Waals surface area (Å²) >= 11 is 0. The summed E-state index contributed by atoms with van der Waals surface area (Å²) in [5, 5.41) is 7.27. The van der Waals surface area contributed by atoms with E-state index in [4.69, 9.17) is 0 Å². The largest absolute Gasteiger partial charge is 0.314 e. The van der Waals surface area contributed by atoms with Gasteiger partial charge in [-0.1, -0.05) is 19.3 Å². The van der Waals surface area contributed by atoms with Gasteiger partial charge in [-0.15, -0.1) is 0 Å². The molecule has 88 valence electrons. The third-order valence-electron chi connectivity index (χ3n) is 3.93. The average Bonchev–Trinajstić information content (AvgIpc) is 2.32. The van der Waals surface area contributed by atoms with Gasteiger partial charge in [-0.25, -0.2) is 0 Å². The Balaban J connectivity index is 1.53. The zero-order valence-electron chi connectivity index (χ0n) is 9.93. The highest BCUT2D eigenvalue weighted by Gasteiger charge is 2.15. The molecule has 0 bridgehead atoms. The van der Waals surface area contributed by atoms with Crippen molar-refractivity contribution in [1.29, 1.82) is 0 Å². The molecule has 2 fully saturated rings. The summed E-state index contributed by atoms with van der Waals surface area (Å²) in [5.74, 6) is 0. The molecule has 0 amide bonds. The van der Waals surface area contributed by atoms with Gasteiger partial charge >= 0.3 is 0 Å². The smallest absolute Gasteiger partial charge is 0.00670 e. The first kappa shape index (κ1) is 11.4. The molecule has 2 aliphatic heterocycles. The molecule has 2 heterocycles. The number of piperidine rings is 2. The Morgan fingerprint density at radius 2 is 1.27 bits per heavy atom. The van der Waals surface area contributed by atoms with Crippen LogP contribution in [0.25, 0.3) is 0 Å². The Morgan fingerprint density at radius 3 is 1.67 bits per heavy atom. The van der Waals surface area contributed by atoms with E-state index in [-0.39, 0.29) is 0 Å². The van der Waals surface area contributed by atoms with E-state index in [2.05, 4.69) is 10.6 Å². The summed E-state index contributed by atoms with van der Waals surface area (Å²) in [6.45, 7) is 2.51. The average molecular weight is 210 g/mol. The molecule has 2 N–H and O–H groups in total. The van der Waals surface area contributed by atoms with Crippen LogP contribution in [0.5, 0.6) is 0 Å². The zero-order chi connectivity index (χ0) is 10.3. The number of hydrogen-bond donors (Lipinski definition) is 2. The number of hydrogen-bond acceptors (Lipinski definition) is 2. The van der Waals surface area contributed by atoms with Crippen LogP contribution >= 0.6 is 0 Å². The topological polar surface area (TPSA) is 24.1 Å². The Labute approximate surface area is 94.2 Å². The minimum atomic E-state index is 0.836. The molecule has 0 aromatic heterocycles. The molecule has 0 spiro atoms. The van der Waals surface area contributed by atoms with Gasteiger partial charge in [0, 0.05) is 12.1 Å². The van der Waals surface area contributed by atoms with Gasteiger partial charge in [0.25, 0.3) is 0 Å². The lowest BCUT2D eigenvalue weighted by Crippen LogP contribution is -2.36. The van der Waals surface area contributed by atoms with Crippen molar-refractivity contribution >= 4 is 0 Å². The molecular formula is C13H26N2. The van der Waals surface area contributed by atoms with Gasteiger partial charge < -0.3 is 10.6 Å².